The van der Waals surface area contributed by atoms with Crippen molar-refractivity contribution in [2.75, 3.05) is 13.1 Å². The van der Waals surface area contributed by atoms with Gasteiger partial charge < -0.3 is 5.32 Å². The maximum atomic E-state index is 3.54. The molecular weight excluding hydrogens is 170 g/mol. The van der Waals surface area contributed by atoms with Crippen LogP contribution in [0.5, 0.6) is 0 Å². The van der Waals surface area contributed by atoms with Gasteiger partial charge in [-0.3, -0.25) is 0 Å². The smallest absolute Gasteiger partial charge is 0.00204 e. The molecule has 0 aromatic rings. The van der Waals surface area contributed by atoms with Crippen molar-refractivity contribution in [3.05, 3.63) is 0 Å². The van der Waals surface area contributed by atoms with E-state index in [9.17, 15) is 0 Å². The lowest BCUT2D eigenvalue weighted by atomic mass is 9.85. The van der Waals surface area contributed by atoms with Crippen LogP contribution in [-0.4, -0.2) is 13.1 Å². The quantitative estimate of drug-likeness (QED) is 0.666. The summed E-state index contributed by atoms with van der Waals surface area (Å²) < 4.78 is 0. The van der Waals surface area contributed by atoms with Crippen LogP contribution in [0.25, 0.3) is 0 Å². The molecule has 1 heteroatoms. The zero-order chi connectivity index (χ0) is 9.64. The van der Waals surface area contributed by atoms with E-state index in [1.807, 2.05) is 0 Å². The molecule has 1 nitrogen and oxygen atoms in total. The Labute approximate surface area is 88.7 Å². The molecule has 1 aliphatic carbocycles. The molecule has 0 bridgehead atoms. The number of hydrogen-bond donors (Lipinski definition) is 1. The zero-order valence-electron chi connectivity index (χ0n) is 9.43. The Kier molecular flexibility index (Phi) is 4.30. The van der Waals surface area contributed by atoms with Gasteiger partial charge in [-0.15, -0.1) is 0 Å². The van der Waals surface area contributed by atoms with Crippen molar-refractivity contribution in [1.29, 1.82) is 0 Å². The van der Waals surface area contributed by atoms with E-state index >= 15 is 0 Å². The second-order valence-electron chi connectivity index (χ2n) is 5.31. The summed E-state index contributed by atoms with van der Waals surface area (Å²) in [5, 5.41) is 3.54. The van der Waals surface area contributed by atoms with E-state index in [0.717, 1.165) is 11.8 Å². The second kappa shape index (κ2) is 5.75. The first-order valence-electron chi connectivity index (χ1n) is 6.66. The maximum Gasteiger partial charge on any atom is -0.00204 e. The van der Waals surface area contributed by atoms with Crippen LogP contribution < -0.4 is 5.32 Å². The van der Waals surface area contributed by atoms with E-state index in [1.54, 1.807) is 0 Å². The molecule has 2 aliphatic rings. The van der Waals surface area contributed by atoms with Crippen molar-refractivity contribution >= 4 is 0 Å². The highest BCUT2D eigenvalue weighted by atomic mass is 14.9. The van der Waals surface area contributed by atoms with Crippen LogP contribution in [0.3, 0.4) is 0 Å². The fourth-order valence-corrected chi connectivity index (χ4v) is 3.20. The Morgan fingerprint density at radius 3 is 2.14 bits per heavy atom. The minimum absolute atomic E-state index is 1.01. The Bertz CT molecular complexity index is 141. The maximum absolute atomic E-state index is 3.54. The molecule has 1 N–H and O–H groups in total. The first-order valence-corrected chi connectivity index (χ1v) is 6.66. The van der Waals surface area contributed by atoms with Crippen LogP contribution in [0.1, 0.15) is 57.8 Å². The van der Waals surface area contributed by atoms with Crippen LogP contribution in [0, 0.1) is 11.8 Å². The molecule has 1 saturated heterocycles. The topological polar surface area (TPSA) is 12.0 Å². The summed E-state index contributed by atoms with van der Waals surface area (Å²) in [6.45, 7) is 2.57. The first kappa shape index (κ1) is 10.5. The highest BCUT2D eigenvalue weighted by Gasteiger charge is 2.19. The monoisotopic (exact) mass is 195 g/mol. The van der Waals surface area contributed by atoms with Gasteiger partial charge in [0.1, 0.15) is 0 Å². The van der Waals surface area contributed by atoms with E-state index in [2.05, 4.69) is 5.32 Å². The molecule has 0 radical (unpaired) electrons. The molecule has 0 spiro atoms. The third kappa shape index (κ3) is 3.27. The standard InChI is InChI=1S/C13H25N/c1-2-4-7-12(6-3-1)10-13-8-5-9-14-11-13/h12-14H,1-11H2/t13-/m0/s1. The van der Waals surface area contributed by atoms with E-state index in [1.165, 1.54) is 70.9 Å². The molecule has 1 saturated carbocycles. The van der Waals surface area contributed by atoms with Crippen molar-refractivity contribution in [3.63, 3.8) is 0 Å². The van der Waals surface area contributed by atoms with Gasteiger partial charge in [0.15, 0.2) is 0 Å². The van der Waals surface area contributed by atoms with Crippen LogP contribution in [0.15, 0.2) is 0 Å². The SMILES string of the molecule is C1CCCC(C[C@@H]2CCCNC2)CC1. The average Bonchev–Trinajstić information content (AvgIpc) is 2.48. The normalized spacial score (nSPS) is 31.3. The summed E-state index contributed by atoms with van der Waals surface area (Å²) in [5.74, 6) is 2.08. The van der Waals surface area contributed by atoms with E-state index in [0.29, 0.717) is 0 Å². The average molecular weight is 195 g/mol. The summed E-state index contributed by atoms with van der Waals surface area (Å²) in [4.78, 5) is 0. The predicted octanol–water partition coefficient (Wildman–Crippen LogP) is 3.35. The van der Waals surface area contributed by atoms with Crippen LogP contribution in [0.4, 0.5) is 0 Å². The molecule has 0 aromatic heterocycles. The fraction of sp³-hybridized carbons (Fsp3) is 1.00. The van der Waals surface area contributed by atoms with Gasteiger partial charge in [0.25, 0.3) is 0 Å². The van der Waals surface area contributed by atoms with Gasteiger partial charge in [0.05, 0.1) is 0 Å². The first-order chi connectivity index (χ1) is 6.95. The Morgan fingerprint density at radius 2 is 1.50 bits per heavy atom. The van der Waals surface area contributed by atoms with Crippen molar-refractivity contribution in [2.24, 2.45) is 11.8 Å². The van der Waals surface area contributed by atoms with Crippen molar-refractivity contribution in [1.82, 2.24) is 5.32 Å². The van der Waals surface area contributed by atoms with Gasteiger partial charge in [-0.2, -0.15) is 0 Å². The lowest BCUT2D eigenvalue weighted by Gasteiger charge is -2.26. The molecule has 2 rings (SSSR count). The molecule has 0 amide bonds. The van der Waals surface area contributed by atoms with E-state index in [-0.39, 0.29) is 0 Å². The number of nitrogens with one attached hydrogen (secondary N) is 1. The van der Waals surface area contributed by atoms with Gasteiger partial charge in [0.2, 0.25) is 0 Å². The molecule has 0 unspecified atom stereocenters. The van der Waals surface area contributed by atoms with Gasteiger partial charge >= 0.3 is 0 Å². The van der Waals surface area contributed by atoms with Crippen LogP contribution in [0.2, 0.25) is 0 Å². The molecule has 2 fully saturated rings. The van der Waals surface area contributed by atoms with Gasteiger partial charge in [-0.1, -0.05) is 38.5 Å². The van der Waals surface area contributed by atoms with E-state index < -0.39 is 0 Å². The van der Waals surface area contributed by atoms with Crippen molar-refractivity contribution in [2.45, 2.75) is 57.8 Å². The molecule has 1 heterocycles. The summed E-state index contributed by atoms with van der Waals surface area (Å²) >= 11 is 0. The van der Waals surface area contributed by atoms with Crippen molar-refractivity contribution in [3.8, 4) is 0 Å². The number of rotatable bonds is 2. The molecule has 1 aliphatic heterocycles. The lowest BCUT2D eigenvalue weighted by molar-refractivity contribution is 0.285. The largest absolute Gasteiger partial charge is 0.316 e. The van der Waals surface area contributed by atoms with Gasteiger partial charge in [-0.05, 0) is 44.2 Å². The summed E-state index contributed by atoms with van der Waals surface area (Å²) in [7, 11) is 0. The van der Waals surface area contributed by atoms with Crippen LogP contribution in [-0.2, 0) is 0 Å². The van der Waals surface area contributed by atoms with Gasteiger partial charge in [0, 0.05) is 0 Å². The molecular formula is C13H25N. The number of hydrogen-bond acceptors (Lipinski definition) is 1. The van der Waals surface area contributed by atoms with Gasteiger partial charge in [-0.25, -0.2) is 0 Å². The Morgan fingerprint density at radius 1 is 0.786 bits per heavy atom. The van der Waals surface area contributed by atoms with E-state index in [4.69, 9.17) is 0 Å². The lowest BCUT2D eigenvalue weighted by Crippen LogP contribution is -2.30. The minimum Gasteiger partial charge on any atom is -0.316 e. The molecule has 14 heavy (non-hydrogen) atoms. The summed E-state index contributed by atoms with van der Waals surface area (Å²) in [6, 6.07) is 0. The molecule has 0 aromatic carbocycles. The highest BCUT2D eigenvalue weighted by molar-refractivity contribution is 4.74. The highest BCUT2D eigenvalue weighted by Crippen LogP contribution is 2.30. The third-order valence-electron chi connectivity index (χ3n) is 4.04. The Hall–Kier alpha value is -0.0400. The van der Waals surface area contributed by atoms with Crippen molar-refractivity contribution < 1.29 is 0 Å². The zero-order valence-corrected chi connectivity index (χ0v) is 9.43. The Balaban J connectivity index is 1.71. The summed E-state index contributed by atoms with van der Waals surface area (Å²) in [6.07, 6.45) is 13.5. The summed E-state index contributed by atoms with van der Waals surface area (Å²) in [5.41, 5.74) is 0. The van der Waals surface area contributed by atoms with Crippen LogP contribution >= 0.6 is 0 Å². The minimum atomic E-state index is 1.01. The number of piperidine rings is 1. The second-order valence-corrected chi connectivity index (χ2v) is 5.31. The predicted molar refractivity (Wildman–Crippen MR) is 61.4 cm³/mol. The molecule has 1 atom stereocenters. The molecule has 82 valence electrons. The third-order valence-corrected chi connectivity index (χ3v) is 4.04. The fourth-order valence-electron chi connectivity index (χ4n) is 3.20.